The highest BCUT2D eigenvalue weighted by atomic mass is 79.9. The molecule has 1 atom stereocenters. The summed E-state index contributed by atoms with van der Waals surface area (Å²) < 4.78 is 22.5. The fourth-order valence-electron chi connectivity index (χ4n) is 3.65. The van der Waals surface area contributed by atoms with Gasteiger partial charge in [0, 0.05) is 22.6 Å². The number of methoxy groups -OCH3 is 4. The van der Waals surface area contributed by atoms with Gasteiger partial charge in [0.05, 0.1) is 28.4 Å². The lowest BCUT2D eigenvalue weighted by molar-refractivity contribution is -0.115. The molecule has 1 heterocycles. The fraction of sp³-hybridized carbons (Fsp3) is 0.381. The summed E-state index contributed by atoms with van der Waals surface area (Å²) in [6.07, 6.45) is 2.34. The van der Waals surface area contributed by atoms with E-state index in [9.17, 15) is 4.79 Å². The van der Waals surface area contributed by atoms with Crippen LogP contribution in [0.5, 0.6) is 11.5 Å². The van der Waals surface area contributed by atoms with Crippen molar-refractivity contribution in [3.05, 3.63) is 45.3 Å². The summed E-state index contributed by atoms with van der Waals surface area (Å²) in [4.78, 5) is 14.5. The van der Waals surface area contributed by atoms with Crippen LogP contribution in [0.3, 0.4) is 0 Å². The highest BCUT2D eigenvalue weighted by Crippen LogP contribution is 2.44. The summed E-state index contributed by atoms with van der Waals surface area (Å²) in [7, 11) is 8.12. The van der Waals surface area contributed by atoms with Crippen molar-refractivity contribution in [2.24, 2.45) is 0 Å². The molecule has 3 rings (SSSR count). The smallest absolute Gasteiger partial charge is 0.224 e. The van der Waals surface area contributed by atoms with E-state index in [0.717, 1.165) is 28.6 Å². The molecule has 0 N–H and O–H groups in total. The van der Waals surface area contributed by atoms with E-state index in [-0.39, 0.29) is 11.5 Å². The third-order valence-electron chi connectivity index (χ3n) is 5.08. The zero-order chi connectivity index (χ0) is 20.5. The Hall–Kier alpha value is -2.43. The second-order valence-corrected chi connectivity index (χ2v) is 7.27. The van der Waals surface area contributed by atoms with Crippen molar-refractivity contribution in [1.29, 1.82) is 0 Å². The summed E-state index contributed by atoms with van der Waals surface area (Å²) in [5, 5.41) is 0. The van der Waals surface area contributed by atoms with Gasteiger partial charge in [0.2, 0.25) is 11.5 Å². The first kappa shape index (κ1) is 20.3. The van der Waals surface area contributed by atoms with Crippen molar-refractivity contribution < 1.29 is 23.7 Å². The van der Waals surface area contributed by atoms with E-state index in [4.69, 9.17) is 18.9 Å². The minimum atomic E-state index is -0.847. The van der Waals surface area contributed by atoms with Crippen molar-refractivity contribution >= 4 is 21.7 Å². The number of benzene rings is 1. The minimum absolute atomic E-state index is 0.181. The maximum absolute atomic E-state index is 12.4. The summed E-state index contributed by atoms with van der Waals surface area (Å²) in [5.74, 6) is 8.17. The maximum atomic E-state index is 12.4. The predicted octanol–water partition coefficient (Wildman–Crippen LogP) is 2.91. The monoisotopic (exact) mass is 447 g/mol. The number of likely N-dealkylation sites (tertiary alicyclic amines) is 1. The Balaban J connectivity index is 2.19. The average molecular weight is 448 g/mol. The van der Waals surface area contributed by atoms with Gasteiger partial charge in [-0.1, -0.05) is 11.8 Å². The summed E-state index contributed by atoms with van der Waals surface area (Å²) >= 11 is 3.54. The zero-order valence-electron chi connectivity index (χ0n) is 16.5. The molecule has 148 valence electrons. The number of likely N-dealkylation sites (N-methyl/N-ethyl adjacent to an activating group) is 1. The molecule has 1 aliphatic carbocycles. The summed E-state index contributed by atoms with van der Waals surface area (Å²) in [6.45, 7) is 0.755. The Morgan fingerprint density at radius 2 is 1.75 bits per heavy atom. The topological polar surface area (TPSA) is 57.2 Å². The molecule has 0 spiro atoms. The molecule has 1 saturated heterocycles. The number of fused-ring (bicyclic) bond motifs is 1. The van der Waals surface area contributed by atoms with E-state index in [1.807, 2.05) is 19.2 Å². The molecule has 28 heavy (non-hydrogen) atoms. The van der Waals surface area contributed by atoms with Gasteiger partial charge in [-0.15, -0.1) is 0 Å². The maximum Gasteiger partial charge on any atom is 0.224 e. The number of rotatable bonds is 4. The Bertz CT molecular complexity index is 940. The van der Waals surface area contributed by atoms with Crippen molar-refractivity contribution in [3.63, 3.8) is 0 Å². The molecule has 0 unspecified atom stereocenters. The lowest BCUT2D eigenvalue weighted by Gasteiger charge is -2.36. The number of carbonyl (C=O) groups is 1. The Labute approximate surface area is 173 Å². The predicted molar refractivity (Wildman–Crippen MR) is 108 cm³/mol. The van der Waals surface area contributed by atoms with Gasteiger partial charge in [0.25, 0.3) is 0 Å². The number of halogens is 1. The van der Waals surface area contributed by atoms with E-state index >= 15 is 0 Å². The molecule has 1 aromatic rings. The number of ketones is 1. The minimum Gasteiger partial charge on any atom is -0.494 e. The highest BCUT2D eigenvalue weighted by molar-refractivity contribution is 9.10. The quantitative estimate of drug-likeness (QED) is 0.661. The first-order chi connectivity index (χ1) is 13.4. The fourth-order valence-corrected chi connectivity index (χ4v) is 4.07. The Morgan fingerprint density at radius 1 is 1.07 bits per heavy atom. The van der Waals surface area contributed by atoms with Crippen LogP contribution < -0.4 is 9.47 Å². The van der Waals surface area contributed by atoms with Crippen LogP contribution in [0.4, 0.5) is 0 Å². The molecule has 1 aliphatic heterocycles. The molecule has 1 aromatic carbocycles. The van der Waals surface area contributed by atoms with Crippen LogP contribution in [0.25, 0.3) is 0 Å². The Morgan fingerprint density at radius 3 is 2.36 bits per heavy atom. The normalized spacial score (nSPS) is 21.5. The van der Waals surface area contributed by atoms with Crippen molar-refractivity contribution in [2.75, 3.05) is 42.0 Å². The molecule has 6 nitrogen and oxygen atoms in total. The van der Waals surface area contributed by atoms with E-state index in [2.05, 4.69) is 32.7 Å². The van der Waals surface area contributed by atoms with Gasteiger partial charge < -0.3 is 18.9 Å². The molecular weight excluding hydrogens is 426 g/mol. The number of hydrogen-bond donors (Lipinski definition) is 0. The number of ether oxygens (including phenoxy) is 4. The van der Waals surface area contributed by atoms with Gasteiger partial charge in [-0.3, -0.25) is 9.69 Å². The van der Waals surface area contributed by atoms with Crippen LogP contribution in [-0.2, 0) is 14.3 Å². The Kier molecular flexibility index (Phi) is 5.73. The third-order valence-corrected chi connectivity index (χ3v) is 5.73. The van der Waals surface area contributed by atoms with E-state index < -0.39 is 5.54 Å². The number of carbonyl (C=O) groups excluding carboxylic acids is 1. The third kappa shape index (κ3) is 3.07. The zero-order valence-corrected chi connectivity index (χ0v) is 18.1. The average Bonchev–Trinajstić information content (AvgIpc) is 3.01. The van der Waals surface area contributed by atoms with Gasteiger partial charge in [0.15, 0.2) is 22.8 Å². The molecule has 7 heteroatoms. The second kappa shape index (κ2) is 7.90. The van der Waals surface area contributed by atoms with Gasteiger partial charge in [-0.05, 0) is 47.1 Å². The van der Waals surface area contributed by atoms with Crippen LogP contribution in [-0.4, -0.2) is 58.3 Å². The van der Waals surface area contributed by atoms with Crippen LogP contribution >= 0.6 is 15.9 Å². The molecule has 0 amide bonds. The molecule has 1 fully saturated rings. The first-order valence-corrected chi connectivity index (χ1v) is 9.46. The molecule has 0 aromatic heterocycles. The molecule has 0 radical (unpaired) electrons. The second-order valence-electron chi connectivity index (χ2n) is 6.42. The summed E-state index contributed by atoms with van der Waals surface area (Å²) in [5.41, 5.74) is 0.792. The number of allylic oxidation sites excluding steroid dienone is 1. The lowest BCUT2D eigenvalue weighted by atomic mass is 9.83. The largest absolute Gasteiger partial charge is 0.494 e. The number of nitrogens with zero attached hydrogens (tertiary/aromatic N) is 1. The molecular formula is C21H22BrNO5. The van der Waals surface area contributed by atoms with E-state index in [0.29, 0.717) is 17.3 Å². The number of hydrogen-bond acceptors (Lipinski definition) is 6. The van der Waals surface area contributed by atoms with Crippen LogP contribution in [0.2, 0.25) is 0 Å². The molecule has 0 bridgehead atoms. The van der Waals surface area contributed by atoms with E-state index in [1.54, 1.807) is 20.3 Å². The van der Waals surface area contributed by atoms with Gasteiger partial charge in [-0.25, -0.2) is 0 Å². The lowest BCUT2D eigenvalue weighted by Crippen LogP contribution is -2.46. The van der Waals surface area contributed by atoms with Gasteiger partial charge in [-0.2, -0.15) is 0 Å². The first-order valence-electron chi connectivity index (χ1n) is 8.67. The summed E-state index contributed by atoms with van der Waals surface area (Å²) in [6, 6.07) is 3.62. The van der Waals surface area contributed by atoms with Gasteiger partial charge in [0.1, 0.15) is 0 Å². The van der Waals surface area contributed by atoms with E-state index in [1.165, 1.54) is 14.2 Å². The standard InChI is InChI=1S/C21H22BrNO5/c1-23-9-7-14-11-16(24)19(27-4)20(28-5)21(14,23)8-6-13-10-17(25-2)18(26-3)12-15(13)22/h10-12H,7,9H2,1-5H3/t21-/m0/s1. The SMILES string of the molecule is COC1=C(OC)[C@]2(C#Cc3cc(OC)c(OC)cc3Br)C(=CC1=O)CCN2C. The highest BCUT2D eigenvalue weighted by Gasteiger charge is 2.51. The van der Waals surface area contributed by atoms with Crippen molar-refractivity contribution in [2.45, 2.75) is 12.0 Å². The van der Waals surface area contributed by atoms with Crippen LogP contribution in [0.1, 0.15) is 12.0 Å². The van der Waals surface area contributed by atoms with Crippen molar-refractivity contribution in [3.8, 4) is 23.3 Å². The van der Waals surface area contributed by atoms with Crippen molar-refractivity contribution in [1.82, 2.24) is 4.90 Å². The van der Waals surface area contributed by atoms with Gasteiger partial charge >= 0.3 is 0 Å². The van der Waals surface area contributed by atoms with Crippen LogP contribution in [0, 0.1) is 11.8 Å². The van der Waals surface area contributed by atoms with Crippen LogP contribution in [0.15, 0.2) is 39.8 Å². The molecule has 2 aliphatic rings. The molecule has 0 saturated carbocycles.